The van der Waals surface area contributed by atoms with Crippen LogP contribution in [0.1, 0.15) is 0 Å². The zero-order valence-corrected chi connectivity index (χ0v) is 4.43. The molecular formula is O3SYb. The average Bonchev–Trinajstić information content (AvgIpc) is 0.811. The molecule has 0 radical (unpaired) electrons. The van der Waals surface area contributed by atoms with Crippen LogP contribution in [0, 0.1) is 46.9 Å². The predicted octanol–water partition coefficient (Wildman–Crippen LogP) is -1.00. The fourth-order valence-electron chi connectivity index (χ4n) is 0. The molecule has 0 N–H and O–H groups in total. The molecule has 0 unspecified atom stereocenters. The first-order valence-corrected chi connectivity index (χ1v) is 1.50. The van der Waals surface area contributed by atoms with Crippen molar-refractivity contribution in [2.75, 3.05) is 0 Å². The summed E-state index contributed by atoms with van der Waals surface area (Å²) in [7, 11) is 0. The van der Waals surface area contributed by atoms with Crippen molar-refractivity contribution in [1.82, 2.24) is 0 Å². The molecule has 0 heterocycles. The Morgan fingerprint density at radius 3 is 1.40 bits per heavy atom. The van der Waals surface area contributed by atoms with Crippen molar-refractivity contribution in [3.63, 3.8) is 0 Å². The standard InChI is InChI=1S/H2O3S.Yb/c1-4(2)3;/h(H2,1,2,3);/q;+2/p-2. The number of hydrogen-bond donors (Lipinski definition) is 0. The normalized spacial score (nSPS) is 7.00. The van der Waals surface area contributed by atoms with E-state index < -0.39 is 11.4 Å². The van der Waals surface area contributed by atoms with Gasteiger partial charge < -0.3 is 9.11 Å². The van der Waals surface area contributed by atoms with Crippen molar-refractivity contribution < 1.29 is 60.2 Å². The first kappa shape index (κ1) is 9.77. The molecule has 5 heavy (non-hydrogen) atoms. The Bertz CT molecular complexity index is 29.9. The molecule has 0 aromatic carbocycles. The van der Waals surface area contributed by atoms with Gasteiger partial charge in [-0.2, -0.15) is 0 Å². The number of hydrogen-bond acceptors (Lipinski definition) is 3. The van der Waals surface area contributed by atoms with E-state index in [-0.39, 0.29) is 46.9 Å². The summed E-state index contributed by atoms with van der Waals surface area (Å²) in [6.07, 6.45) is 0. The molecule has 5 heteroatoms. The molecule has 0 saturated carbocycles. The van der Waals surface area contributed by atoms with Gasteiger partial charge in [-0.05, 0) is 0 Å². The molecule has 0 aliphatic rings. The van der Waals surface area contributed by atoms with E-state index in [0.717, 1.165) is 0 Å². The average molecular weight is 253 g/mol. The molecule has 0 fully saturated rings. The van der Waals surface area contributed by atoms with E-state index in [1.165, 1.54) is 0 Å². The Labute approximate surface area is 70.5 Å². The van der Waals surface area contributed by atoms with Crippen LogP contribution in [0.2, 0.25) is 0 Å². The monoisotopic (exact) mass is 254 g/mol. The van der Waals surface area contributed by atoms with Gasteiger partial charge in [0.2, 0.25) is 0 Å². The van der Waals surface area contributed by atoms with Crippen LogP contribution < -0.4 is 0 Å². The van der Waals surface area contributed by atoms with Gasteiger partial charge in [-0.25, -0.2) is 0 Å². The van der Waals surface area contributed by atoms with E-state index in [4.69, 9.17) is 13.3 Å². The Morgan fingerprint density at radius 1 is 1.40 bits per heavy atom. The van der Waals surface area contributed by atoms with Gasteiger partial charge in [0.25, 0.3) is 0 Å². The van der Waals surface area contributed by atoms with Crippen molar-refractivity contribution in [2.45, 2.75) is 0 Å². The summed E-state index contributed by atoms with van der Waals surface area (Å²) in [6, 6.07) is 0. The summed E-state index contributed by atoms with van der Waals surface area (Å²) in [5.74, 6) is 0. The minimum atomic E-state index is -3.11. The third-order valence-corrected chi connectivity index (χ3v) is 0. The Balaban J connectivity index is 0. The van der Waals surface area contributed by atoms with Gasteiger partial charge in [-0.3, -0.25) is 4.21 Å². The Morgan fingerprint density at radius 2 is 1.40 bits per heavy atom. The largest absolute Gasteiger partial charge is 2.00 e. The summed E-state index contributed by atoms with van der Waals surface area (Å²) >= 11 is -3.11. The maximum atomic E-state index is 8.44. The van der Waals surface area contributed by atoms with Gasteiger partial charge in [0.15, 0.2) is 0 Å². The van der Waals surface area contributed by atoms with Gasteiger partial charge in [0.05, 0.1) is 0 Å². The molecule has 38 valence electrons. The maximum absolute atomic E-state index is 8.44. The first-order valence-electron chi connectivity index (χ1n) is 0.500. The molecule has 0 aromatic heterocycles. The third kappa shape index (κ3) is 28.5. The fraction of sp³-hybridized carbons (Fsp3) is 0. The van der Waals surface area contributed by atoms with E-state index >= 15 is 0 Å². The predicted molar refractivity (Wildman–Crippen MR) is 9.70 cm³/mol. The topological polar surface area (TPSA) is 63.2 Å². The first-order chi connectivity index (χ1) is 1.73. The van der Waals surface area contributed by atoms with Crippen LogP contribution in [-0.2, 0) is 11.4 Å². The zero-order chi connectivity index (χ0) is 3.58. The minimum Gasteiger partial charge on any atom is -0.784 e. The van der Waals surface area contributed by atoms with Gasteiger partial charge in [0, 0.05) is 0 Å². The van der Waals surface area contributed by atoms with Crippen molar-refractivity contribution in [3.05, 3.63) is 0 Å². The van der Waals surface area contributed by atoms with Crippen LogP contribution in [0.25, 0.3) is 0 Å². The molecule has 0 amide bonds. The molecular weight excluding hydrogens is 253 g/mol. The van der Waals surface area contributed by atoms with Gasteiger partial charge >= 0.3 is 46.9 Å². The van der Waals surface area contributed by atoms with Crippen molar-refractivity contribution in [3.8, 4) is 0 Å². The smallest absolute Gasteiger partial charge is 0.784 e. The Kier molecular flexibility index (Phi) is 10.9. The zero-order valence-electron chi connectivity index (χ0n) is 1.90. The van der Waals surface area contributed by atoms with E-state index in [1.54, 1.807) is 0 Å². The Hall–Kier alpha value is 1.59. The van der Waals surface area contributed by atoms with Crippen LogP contribution in [0.3, 0.4) is 0 Å². The molecule has 0 atom stereocenters. The summed E-state index contributed by atoms with van der Waals surface area (Å²) in [5, 5.41) is 0. The molecule has 0 rings (SSSR count). The van der Waals surface area contributed by atoms with Gasteiger partial charge in [0.1, 0.15) is 0 Å². The summed E-state index contributed by atoms with van der Waals surface area (Å²) in [4.78, 5) is 0. The van der Waals surface area contributed by atoms with Crippen LogP contribution in [0.15, 0.2) is 0 Å². The van der Waals surface area contributed by atoms with Crippen molar-refractivity contribution in [1.29, 1.82) is 0 Å². The molecule has 3 nitrogen and oxygen atoms in total. The summed E-state index contributed by atoms with van der Waals surface area (Å²) in [5.41, 5.74) is 0. The van der Waals surface area contributed by atoms with Gasteiger partial charge in [-0.15, -0.1) is 11.4 Å². The third-order valence-electron chi connectivity index (χ3n) is 0. The number of rotatable bonds is 0. The maximum Gasteiger partial charge on any atom is 2.00 e. The molecule has 0 bridgehead atoms. The van der Waals surface area contributed by atoms with Crippen LogP contribution in [0.5, 0.6) is 0 Å². The van der Waals surface area contributed by atoms with E-state index in [1.807, 2.05) is 0 Å². The molecule has 0 saturated heterocycles. The second-order valence-corrected chi connectivity index (χ2v) is 0.612. The van der Waals surface area contributed by atoms with Crippen LogP contribution in [-0.4, -0.2) is 13.3 Å². The van der Waals surface area contributed by atoms with E-state index in [9.17, 15) is 0 Å². The van der Waals surface area contributed by atoms with Gasteiger partial charge in [-0.1, -0.05) is 0 Å². The van der Waals surface area contributed by atoms with Crippen molar-refractivity contribution in [2.24, 2.45) is 0 Å². The molecule has 0 aliphatic carbocycles. The van der Waals surface area contributed by atoms with Crippen LogP contribution in [0.4, 0.5) is 0 Å². The quantitative estimate of drug-likeness (QED) is 0.520. The SMILES string of the molecule is O=S([O-])[O-].[Yb+2]. The molecule has 0 spiro atoms. The fourth-order valence-corrected chi connectivity index (χ4v) is 0. The molecule has 0 aliphatic heterocycles. The van der Waals surface area contributed by atoms with Crippen molar-refractivity contribution >= 4 is 11.4 Å². The van der Waals surface area contributed by atoms with E-state index in [2.05, 4.69) is 0 Å². The minimum absolute atomic E-state index is 0. The summed E-state index contributed by atoms with van der Waals surface area (Å²) in [6.45, 7) is 0. The second-order valence-electron chi connectivity index (χ2n) is 0.204. The second kappa shape index (κ2) is 5.59. The summed E-state index contributed by atoms with van der Waals surface area (Å²) < 4.78 is 25.3. The molecule has 0 aromatic rings. The van der Waals surface area contributed by atoms with E-state index in [0.29, 0.717) is 0 Å². The van der Waals surface area contributed by atoms with Crippen LogP contribution >= 0.6 is 0 Å².